The zero-order chi connectivity index (χ0) is 16.5. The van der Waals surface area contributed by atoms with E-state index in [1.807, 2.05) is 42.1 Å². The topological polar surface area (TPSA) is 56.3 Å². The van der Waals surface area contributed by atoms with Crippen LogP contribution < -0.4 is 9.80 Å². The standard InChI is InChI=1S/C15H27N3O4/c1-17(10-14(19-3)20-4)12-8-7-9-13(16-12)18(2)11-15(21-5)22-6/h7-9,14-15H,10-11H2,1-6H3. The van der Waals surface area contributed by atoms with Crippen LogP contribution in [0.25, 0.3) is 0 Å². The van der Waals surface area contributed by atoms with E-state index >= 15 is 0 Å². The van der Waals surface area contributed by atoms with Crippen molar-refractivity contribution in [1.29, 1.82) is 0 Å². The molecule has 1 rings (SSSR count). The monoisotopic (exact) mass is 313 g/mol. The highest BCUT2D eigenvalue weighted by Crippen LogP contribution is 2.17. The molecule has 0 radical (unpaired) electrons. The lowest BCUT2D eigenvalue weighted by atomic mass is 10.3. The summed E-state index contributed by atoms with van der Waals surface area (Å²) in [5.41, 5.74) is 0. The second-order valence-corrected chi connectivity index (χ2v) is 4.92. The van der Waals surface area contributed by atoms with E-state index in [-0.39, 0.29) is 12.6 Å². The zero-order valence-corrected chi connectivity index (χ0v) is 14.3. The number of ether oxygens (including phenoxy) is 4. The van der Waals surface area contributed by atoms with Crippen LogP contribution in [0, 0.1) is 0 Å². The van der Waals surface area contributed by atoms with Crippen LogP contribution >= 0.6 is 0 Å². The molecule has 7 nitrogen and oxygen atoms in total. The van der Waals surface area contributed by atoms with Gasteiger partial charge in [-0.2, -0.15) is 0 Å². The summed E-state index contributed by atoms with van der Waals surface area (Å²) < 4.78 is 20.9. The zero-order valence-electron chi connectivity index (χ0n) is 14.3. The van der Waals surface area contributed by atoms with E-state index in [1.54, 1.807) is 28.4 Å². The van der Waals surface area contributed by atoms with E-state index < -0.39 is 0 Å². The Morgan fingerprint density at radius 3 is 1.50 bits per heavy atom. The van der Waals surface area contributed by atoms with Gasteiger partial charge in [-0.15, -0.1) is 0 Å². The van der Waals surface area contributed by atoms with Crippen LogP contribution in [0.3, 0.4) is 0 Å². The van der Waals surface area contributed by atoms with Crippen LogP contribution in [0.15, 0.2) is 18.2 Å². The molecule has 0 amide bonds. The lowest BCUT2D eigenvalue weighted by Crippen LogP contribution is -2.34. The van der Waals surface area contributed by atoms with Gasteiger partial charge in [0.2, 0.25) is 0 Å². The van der Waals surface area contributed by atoms with Gasteiger partial charge in [0.05, 0.1) is 13.1 Å². The predicted molar refractivity (Wildman–Crippen MR) is 86.4 cm³/mol. The molecule has 0 aromatic carbocycles. The van der Waals surface area contributed by atoms with Gasteiger partial charge < -0.3 is 28.7 Å². The fraction of sp³-hybridized carbons (Fsp3) is 0.667. The normalized spacial score (nSPS) is 11.3. The minimum Gasteiger partial charge on any atom is -0.355 e. The summed E-state index contributed by atoms with van der Waals surface area (Å²) in [6, 6.07) is 5.86. The SMILES string of the molecule is COC(CN(C)c1cccc(N(C)CC(OC)OC)n1)OC. The first-order valence-electron chi connectivity index (χ1n) is 7.06. The largest absolute Gasteiger partial charge is 0.355 e. The van der Waals surface area contributed by atoms with Crippen molar-refractivity contribution in [3.05, 3.63) is 18.2 Å². The number of aromatic nitrogens is 1. The van der Waals surface area contributed by atoms with Gasteiger partial charge >= 0.3 is 0 Å². The van der Waals surface area contributed by atoms with Gasteiger partial charge in [-0.25, -0.2) is 4.98 Å². The molecule has 7 heteroatoms. The molecule has 126 valence electrons. The smallest absolute Gasteiger partial charge is 0.174 e. The molecule has 0 saturated carbocycles. The fourth-order valence-electron chi connectivity index (χ4n) is 1.96. The van der Waals surface area contributed by atoms with Crippen molar-refractivity contribution in [2.45, 2.75) is 12.6 Å². The van der Waals surface area contributed by atoms with Crippen molar-refractivity contribution in [1.82, 2.24) is 4.98 Å². The van der Waals surface area contributed by atoms with E-state index in [1.165, 1.54) is 0 Å². The Kier molecular flexibility index (Phi) is 8.11. The third kappa shape index (κ3) is 5.42. The van der Waals surface area contributed by atoms with E-state index in [2.05, 4.69) is 4.98 Å². The maximum absolute atomic E-state index is 5.22. The average molecular weight is 313 g/mol. The van der Waals surface area contributed by atoms with Crippen LogP contribution in [0.4, 0.5) is 11.6 Å². The number of rotatable bonds is 10. The van der Waals surface area contributed by atoms with E-state index in [4.69, 9.17) is 18.9 Å². The molecule has 0 N–H and O–H groups in total. The molecule has 1 aromatic heterocycles. The Hall–Kier alpha value is -1.41. The highest BCUT2D eigenvalue weighted by molar-refractivity contribution is 5.47. The van der Waals surface area contributed by atoms with E-state index in [0.717, 1.165) is 11.6 Å². The number of methoxy groups -OCH3 is 4. The minimum absolute atomic E-state index is 0.292. The van der Waals surface area contributed by atoms with Crippen molar-refractivity contribution < 1.29 is 18.9 Å². The molecule has 1 heterocycles. The molecule has 0 aliphatic carbocycles. The lowest BCUT2D eigenvalue weighted by molar-refractivity contribution is -0.0944. The summed E-state index contributed by atoms with van der Waals surface area (Å²) in [5, 5.41) is 0. The second-order valence-electron chi connectivity index (χ2n) is 4.92. The molecule has 0 fully saturated rings. The average Bonchev–Trinajstić information content (AvgIpc) is 2.57. The third-order valence-electron chi connectivity index (χ3n) is 3.40. The lowest BCUT2D eigenvalue weighted by Gasteiger charge is -2.26. The number of hydrogen-bond donors (Lipinski definition) is 0. The first-order chi connectivity index (χ1) is 10.5. The fourth-order valence-corrected chi connectivity index (χ4v) is 1.96. The maximum Gasteiger partial charge on any atom is 0.174 e. The van der Waals surface area contributed by atoms with Gasteiger partial charge in [0.15, 0.2) is 12.6 Å². The number of nitrogens with zero attached hydrogens (tertiary/aromatic N) is 3. The van der Waals surface area contributed by atoms with Crippen molar-refractivity contribution in [2.75, 3.05) is 65.4 Å². The molecular formula is C15H27N3O4. The van der Waals surface area contributed by atoms with Gasteiger partial charge in [0, 0.05) is 42.5 Å². The molecule has 22 heavy (non-hydrogen) atoms. The first-order valence-corrected chi connectivity index (χ1v) is 7.06. The van der Waals surface area contributed by atoms with Crippen LogP contribution in [0.1, 0.15) is 0 Å². The molecule has 0 spiro atoms. The minimum atomic E-state index is -0.292. The summed E-state index contributed by atoms with van der Waals surface area (Å²) in [5.74, 6) is 1.68. The number of likely N-dealkylation sites (N-methyl/N-ethyl adjacent to an activating group) is 2. The predicted octanol–water partition coefficient (Wildman–Crippen LogP) is 1.19. The van der Waals surface area contributed by atoms with Gasteiger partial charge in [-0.05, 0) is 12.1 Å². The van der Waals surface area contributed by atoms with Crippen molar-refractivity contribution in [3.63, 3.8) is 0 Å². The highest BCUT2D eigenvalue weighted by atomic mass is 16.7. The molecule has 0 atom stereocenters. The van der Waals surface area contributed by atoms with Gasteiger partial charge in [-0.3, -0.25) is 0 Å². The van der Waals surface area contributed by atoms with Crippen LogP contribution in [0.5, 0.6) is 0 Å². The van der Waals surface area contributed by atoms with Crippen LogP contribution in [0.2, 0.25) is 0 Å². The molecule has 0 unspecified atom stereocenters. The summed E-state index contributed by atoms with van der Waals surface area (Å²) in [7, 11) is 10.4. The van der Waals surface area contributed by atoms with Gasteiger partial charge in [0.25, 0.3) is 0 Å². The molecule has 1 aromatic rings. The first kappa shape index (κ1) is 18.6. The second kappa shape index (κ2) is 9.58. The molecule has 0 saturated heterocycles. The van der Waals surface area contributed by atoms with Crippen LogP contribution in [-0.2, 0) is 18.9 Å². The van der Waals surface area contributed by atoms with Gasteiger partial charge in [0.1, 0.15) is 11.6 Å². The molecular weight excluding hydrogens is 286 g/mol. The molecule has 0 aliphatic rings. The number of hydrogen-bond acceptors (Lipinski definition) is 7. The third-order valence-corrected chi connectivity index (χ3v) is 3.40. The maximum atomic E-state index is 5.22. The Labute approximate surface area is 132 Å². The molecule has 0 aliphatic heterocycles. The quantitative estimate of drug-likeness (QED) is 0.601. The van der Waals surface area contributed by atoms with Gasteiger partial charge in [-0.1, -0.05) is 6.07 Å². The summed E-state index contributed by atoms with van der Waals surface area (Å²) in [4.78, 5) is 8.62. The van der Waals surface area contributed by atoms with E-state index in [0.29, 0.717) is 13.1 Å². The van der Waals surface area contributed by atoms with Crippen molar-refractivity contribution in [3.8, 4) is 0 Å². The Bertz CT molecular complexity index is 390. The highest BCUT2D eigenvalue weighted by Gasteiger charge is 2.14. The van der Waals surface area contributed by atoms with Crippen molar-refractivity contribution in [2.24, 2.45) is 0 Å². The van der Waals surface area contributed by atoms with Crippen molar-refractivity contribution >= 4 is 11.6 Å². The Balaban J connectivity index is 2.76. The molecule has 0 bridgehead atoms. The number of anilines is 2. The number of pyridine rings is 1. The Morgan fingerprint density at radius 2 is 1.18 bits per heavy atom. The van der Waals surface area contributed by atoms with Crippen LogP contribution in [-0.4, -0.2) is 73.2 Å². The van der Waals surface area contributed by atoms with E-state index in [9.17, 15) is 0 Å². The Morgan fingerprint density at radius 1 is 0.818 bits per heavy atom. The summed E-state index contributed by atoms with van der Waals surface area (Å²) >= 11 is 0. The summed E-state index contributed by atoms with van der Waals surface area (Å²) in [6.07, 6.45) is -0.584. The summed E-state index contributed by atoms with van der Waals surface area (Å²) in [6.45, 7) is 1.18.